The van der Waals surface area contributed by atoms with Gasteiger partial charge in [0.05, 0.1) is 13.2 Å². The second-order valence-corrected chi connectivity index (χ2v) is 5.42. The predicted octanol–water partition coefficient (Wildman–Crippen LogP) is 3.53. The molecule has 2 N–H and O–H groups in total. The highest BCUT2D eigenvalue weighted by Gasteiger charge is 2.23. The average molecular weight is 251 g/mol. The van der Waals surface area contributed by atoms with Crippen LogP contribution in [0.25, 0.3) is 0 Å². The molecule has 1 rings (SSSR count). The molecule has 1 aromatic carbocycles. The van der Waals surface area contributed by atoms with Gasteiger partial charge in [-0.15, -0.1) is 0 Å². The lowest BCUT2D eigenvalue weighted by Crippen LogP contribution is -2.26. The Morgan fingerprint density at radius 3 is 2.11 bits per heavy atom. The van der Waals surface area contributed by atoms with Crippen molar-refractivity contribution >= 4 is 0 Å². The third kappa shape index (κ3) is 3.64. The molecule has 0 spiro atoms. The van der Waals surface area contributed by atoms with Crippen LogP contribution in [0.4, 0.5) is 0 Å². The zero-order valence-electron chi connectivity index (χ0n) is 12.1. The van der Waals surface area contributed by atoms with Crippen molar-refractivity contribution in [2.75, 3.05) is 13.2 Å². The Morgan fingerprint density at radius 2 is 1.61 bits per heavy atom. The monoisotopic (exact) mass is 251 g/mol. The quantitative estimate of drug-likeness (QED) is 0.870. The molecule has 0 radical (unpaired) electrons. The first-order valence-electron chi connectivity index (χ1n) is 6.55. The van der Waals surface area contributed by atoms with Crippen LogP contribution < -0.4 is 15.2 Å². The van der Waals surface area contributed by atoms with Gasteiger partial charge >= 0.3 is 0 Å². The number of rotatable bonds is 5. The first-order chi connectivity index (χ1) is 8.40. The van der Waals surface area contributed by atoms with Crippen LogP contribution in [0.5, 0.6) is 11.5 Å². The SMILES string of the molecule is CCOc1ccc(C(N)C(C)(C)C)cc1OCC. The number of hydrogen-bond donors (Lipinski definition) is 1. The molecule has 0 aromatic heterocycles. The number of ether oxygens (including phenoxy) is 2. The lowest BCUT2D eigenvalue weighted by molar-refractivity contribution is 0.285. The molecule has 0 saturated heterocycles. The van der Waals surface area contributed by atoms with E-state index >= 15 is 0 Å². The summed E-state index contributed by atoms with van der Waals surface area (Å²) in [5, 5.41) is 0. The van der Waals surface area contributed by atoms with Crippen LogP contribution in [0.2, 0.25) is 0 Å². The van der Waals surface area contributed by atoms with Gasteiger partial charge in [0.1, 0.15) is 0 Å². The van der Waals surface area contributed by atoms with Gasteiger partial charge in [-0.25, -0.2) is 0 Å². The maximum Gasteiger partial charge on any atom is 0.161 e. The van der Waals surface area contributed by atoms with E-state index in [9.17, 15) is 0 Å². The van der Waals surface area contributed by atoms with Crippen molar-refractivity contribution in [2.45, 2.75) is 40.7 Å². The molecule has 0 saturated carbocycles. The van der Waals surface area contributed by atoms with Crippen LogP contribution in [0.3, 0.4) is 0 Å². The van der Waals surface area contributed by atoms with E-state index in [0.717, 1.165) is 17.1 Å². The van der Waals surface area contributed by atoms with Crippen LogP contribution in [0.15, 0.2) is 18.2 Å². The van der Waals surface area contributed by atoms with Crippen molar-refractivity contribution in [3.05, 3.63) is 23.8 Å². The van der Waals surface area contributed by atoms with Crippen LogP contribution in [0.1, 0.15) is 46.2 Å². The lowest BCUT2D eigenvalue weighted by atomic mass is 9.83. The fourth-order valence-electron chi connectivity index (χ4n) is 1.76. The molecule has 102 valence electrons. The van der Waals surface area contributed by atoms with Crippen molar-refractivity contribution in [3.63, 3.8) is 0 Å². The Kier molecular flexibility index (Phi) is 5.03. The minimum absolute atomic E-state index is 0.0209. The highest BCUT2D eigenvalue weighted by atomic mass is 16.5. The zero-order chi connectivity index (χ0) is 13.8. The van der Waals surface area contributed by atoms with E-state index < -0.39 is 0 Å². The second-order valence-electron chi connectivity index (χ2n) is 5.42. The Labute approximate surface area is 110 Å². The van der Waals surface area contributed by atoms with Gasteiger partial charge in [-0.1, -0.05) is 26.8 Å². The van der Waals surface area contributed by atoms with Gasteiger partial charge in [0.25, 0.3) is 0 Å². The van der Waals surface area contributed by atoms with Crippen LogP contribution in [0, 0.1) is 5.41 Å². The summed E-state index contributed by atoms with van der Waals surface area (Å²) in [5.74, 6) is 1.56. The molecule has 1 atom stereocenters. The number of benzene rings is 1. The maximum absolute atomic E-state index is 6.26. The zero-order valence-corrected chi connectivity index (χ0v) is 12.1. The van der Waals surface area contributed by atoms with Gasteiger partial charge in [0, 0.05) is 6.04 Å². The van der Waals surface area contributed by atoms with E-state index in [1.807, 2.05) is 32.0 Å². The molecule has 3 nitrogen and oxygen atoms in total. The van der Waals surface area contributed by atoms with Crippen LogP contribution in [-0.2, 0) is 0 Å². The van der Waals surface area contributed by atoms with Crippen LogP contribution in [-0.4, -0.2) is 13.2 Å². The molecular formula is C15H25NO2. The molecule has 0 aliphatic carbocycles. The minimum Gasteiger partial charge on any atom is -0.490 e. The number of nitrogens with two attached hydrogens (primary N) is 1. The Morgan fingerprint density at radius 1 is 1.06 bits per heavy atom. The minimum atomic E-state index is -0.0209. The summed E-state index contributed by atoms with van der Waals surface area (Å²) in [6.07, 6.45) is 0. The molecule has 0 amide bonds. The van der Waals surface area contributed by atoms with E-state index in [1.165, 1.54) is 0 Å². The Hall–Kier alpha value is -1.22. The molecule has 0 aliphatic heterocycles. The Bertz CT molecular complexity index is 383. The van der Waals surface area contributed by atoms with Crippen molar-refractivity contribution in [1.82, 2.24) is 0 Å². The average Bonchev–Trinajstić information content (AvgIpc) is 2.30. The largest absolute Gasteiger partial charge is 0.490 e. The first-order valence-corrected chi connectivity index (χ1v) is 6.55. The van der Waals surface area contributed by atoms with Crippen LogP contribution >= 0.6 is 0 Å². The summed E-state index contributed by atoms with van der Waals surface area (Å²) in [5.41, 5.74) is 7.37. The molecule has 0 aliphatic rings. The molecule has 0 heterocycles. The van der Waals surface area contributed by atoms with Gasteiger partial charge in [-0.3, -0.25) is 0 Å². The van der Waals surface area contributed by atoms with E-state index in [4.69, 9.17) is 15.2 Å². The van der Waals surface area contributed by atoms with Crippen molar-refractivity contribution in [1.29, 1.82) is 0 Å². The van der Waals surface area contributed by atoms with Gasteiger partial charge in [0.15, 0.2) is 11.5 Å². The molecule has 3 heteroatoms. The van der Waals surface area contributed by atoms with Gasteiger partial charge in [-0.2, -0.15) is 0 Å². The summed E-state index contributed by atoms with van der Waals surface area (Å²) in [6.45, 7) is 11.6. The summed E-state index contributed by atoms with van der Waals surface area (Å²) in [7, 11) is 0. The second kappa shape index (κ2) is 6.10. The molecule has 0 bridgehead atoms. The van der Waals surface area contributed by atoms with Crippen molar-refractivity contribution in [3.8, 4) is 11.5 Å². The highest BCUT2D eigenvalue weighted by molar-refractivity contribution is 5.44. The highest BCUT2D eigenvalue weighted by Crippen LogP contribution is 2.35. The third-order valence-electron chi connectivity index (χ3n) is 2.86. The molecular weight excluding hydrogens is 226 g/mol. The molecule has 18 heavy (non-hydrogen) atoms. The fraction of sp³-hybridized carbons (Fsp3) is 0.600. The molecule has 1 aromatic rings. The van der Waals surface area contributed by atoms with E-state index in [0.29, 0.717) is 13.2 Å². The summed E-state index contributed by atoms with van der Waals surface area (Å²) in [6, 6.07) is 5.93. The maximum atomic E-state index is 6.26. The molecule has 0 fully saturated rings. The van der Waals surface area contributed by atoms with Gasteiger partial charge < -0.3 is 15.2 Å². The smallest absolute Gasteiger partial charge is 0.161 e. The lowest BCUT2D eigenvalue weighted by Gasteiger charge is -2.28. The van der Waals surface area contributed by atoms with Crippen molar-refractivity contribution in [2.24, 2.45) is 11.1 Å². The van der Waals surface area contributed by atoms with Gasteiger partial charge in [0.2, 0.25) is 0 Å². The first kappa shape index (κ1) is 14.8. The van der Waals surface area contributed by atoms with Gasteiger partial charge in [-0.05, 0) is 37.0 Å². The van der Waals surface area contributed by atoms with Crippen molar-refractivity contribution < 1.29 is 9.47 Å². The molecule has 1 unspecified atom stereocenters. The van der Waals surface area contributed by atoms with E-state index in [1.54, 1.807) is 0 Å². The Balaban J connectivity index is 3.06. The van der Waals surface area contributed by atoms with E-state index in [-0.39, 0.29) is 11.5 Å². The normalized spacial score (nSPS) is 13.2. The predicted molar refractivity (Wildman–Crippen MR) is 75.2 cm³/mol. The summed E-state index contributed by atoms with van der Waals surface area (Å²) < 4.78 is 11.2. The summed E-state index contributed by atoms with van der Waals surface area (Å²) >= 11 is 0. The standard InChI is InChI=1S/C15H25NO2/c1-6-17-12-9-8-11(10-13(12)18-7-2)14(16)15(3,4)5/h8-10,14H,6-7,16H2,1-5H3. The number of hydrogen-bond acceptors (Lipinski definition) is 3. The fourth-order valence-corrected chi connectivity index (χ4v) is 1.76. The summed E-state index contributed by atoms with van der Waals surface area (Å²) in [4.78, 5) is 0. The third-order valence-corrected chi connectivity index (χ3v) is 2.86. The van der Waals surface area contributed by atoms with E-state index in [2.05, 4.69) is 20.8 Å². The topological polar surface area (TPSA) is 44.5 Å².